The summed E-state index contributed by atoms with van der Waals surface area (Å²) in [7, 11) is 0. The molecule has 2 aromatic carbocycles. The lowest BCUT2D eigenvalue weighted by Crippen LogP contribution is -2.33. The number of carboxylic acids is 2. The van der Waals surface area contributed by atoms with E-state index in [2.05, 4.69) is 66.4 Å². The number of rotatable bonds is 5. The Balaban J connectivity index is 0.000000409. The minimum atomic E-state index is -1.82. The Labute approximate surface area is 166 Å². The van der Waals surface area contributed by atoms with Crippen LogP contribution < -0.4 is 0 Å². The summed E-state index contributed by atoms with van der Waals surface area (Å²) in [6.07, 6.45) is 5.05. The van der Waals surface area contributed by atoms with E-state index in [9.17, 15) is 0 Å². The average molecular weight is 383 g/mol. The molecule has 1 heterocycles. The molecule has 0 amide bonds. The van der Waals surface area contributed by atoms with Crippen molar-refractivity contribution < 1.29 is 19.8 Å². The number of hydrogen-bond acceptors (Lipinski definition) is 3. The number of hydrogen-bond donors (Lipinski definition) is 2. The van der Waals surface area contributed by atoms with E-state index in [1.165, 1.54) is 49.0 Å². The fraction of sp³-hybridized carbons (Fsp3) is 0.391. The predicted octanol–water partition coefficient (Wildman–Crippen LogP) is 3.86. The Kier molecular flexibility index (Phi) is 8.69. The zero-order chi connectivity index (χ0) is 20.4. The Bertz CT molecular complexity index is 723. The summed E-state index contributed by atoms with van der Waals surface area (Å²) in [6, 6.07) is 20.1. The van der Waals surface area contributed by atoms with Crippen LogP contribution in [0.25, 0.3) is 0 Å². The van der Waals surface area contributed by atoms with Gasteiger partial charge in [0.25, 0.3) is 0 Å². The maximum absolute atomic E-state index is 9.10. The van der Waals surface area contributed by atoms with Gasteiger partial charge in [0.15, 0.2) is 0 Å². The minimum absolute atomic E-state index is 0.862. The first-order chi connectivity index (χ1) is 13.5. The molecule has 2 N–H and O–H groups in total. The van der Waals surface area contributed by atoms with Crippen LogP contribution in [0.2, 0.25) is 0 Å². The van der Waals surface area contributed by atoms with Gasteiger partial charge in [-0.3, -0.25) is 4.90 Å². The molecule has 1 saturated heterocycles. The summed E-state index contributed by atoms with van der Waals surface area (Å²) >= 11 is 0. The van der Waals surface area contributed by atoms with E-state index in [1.54, 1.807) is 0 Å². The van der Waals surface area contributed by atoms with Gasteiger partial charge in [-0.1, -0.05) is 61.5 Å². The summed E-state index contributed by atoms with van der Waals surface area (Å²) < 4.78 is 0. The molecule has 0 radical (unpaired) electrons. The molecule has 1 fully saturated rings. The van der Waals surface area contributed by atoms with Crippen LogP contribution in [-0.2, 0) is 29.0 Å². The molecule has 5 heteroatoms. The summed E-state index contributed by atoms with van der Waals surface area (Å²) in [5.74, 6) is -2.79. The smallest absolute Gasteiger partial charge is 0.414 e. The molecule has 0 bridgehead atoms. The third kappa shape index (κ3) is 7.53. The first-order valence-corrected chi connectivity index (χ1v) is 9.78. The van der Waals surface area contributed by atoms with Crippen LogP contribution in [0.15, 0.2) is 54.6 Å². The van der Waals surface area contributed by atoms with E-state index in [4.69, 9.17) is 19.8 Å². The number of aliphatic carboxylic acids is 2. The summed E-state index contributed by atoms with van der Waals surface area (Å²) in [6.45, 7) is 5.81. The molecule has 2 aromatic rings. The molecule has 150 valence electrons. The van der Waals surface area contributed by atoms with Crippen molar-refractivity contribution >= 4 is 11.9 Å². The topological polar surface area (TPSA) is 77.8 Å². The number of carbonyl (C=O) groups is 2. The molecular weight excluding hydrogens is 354 g/mol. The van der Waals surface area contributed by atoms with Crippen LogP contribution in [0, 0.1) is 5.92 Å². The third-order valence-electron chi connectivity index (χ3n) is 5.09. The van der Waals surface area contributed by atoms with Crippen LogP contribution in [0.5, 0.6) is 0 Å². The predicted molar refractivity (Wildman–Crippen MR) is 109 cm³/mol. The molecular formula is C23H29NO4. The number of benzene rings is 2. The lowest BCUT2D eigenvalue weighted by Gasteiger charge is -2.32. The van der Waals surface area contributed by atoms with Crippen LogP contribution >= 0.6 is 0 Å². The van der Waals surface area contributed by atoms with Gasteiger partial charge in [0.05, 0.1) is 0 Å². The Morgan fingerprint density at radius 3 is 1.89 bits per heavy atom. The van der Waals surface area contributed by atoms with Crippen molar-refractivity contribution in [3.05, 3.63) is 71.3 Å². The number of aryl methyl sites for hydroxylation is 1. The highest BCUT2D eigenvalue weighted by atomic mass is 16.4. The van der Waals surface area contributed by atoms with Crippen molar-refractivity contribution in [2.24, 2.45) is 5.92 Å². The number of piperidine rings is 1. The van der Waals surface area contributed by atoms with Crippen LogP contribution in [-0.4, -0.2) is 40.1 Å². The highest BCUT2D eigenvalue weighted by Crippen LogP contribution is 2.22. The SMILES string of the molecule is CCc1ccc(CN2CCC(Cc3ccccc3)CC2)cc1.O=C(O)C(=O)O. The summed E-state index contributed by atoms with van der Waals surface area (Å²) in [5.41, 5.74) is 4.39. The van der Waals surface area contributed by atoms with Crippen molar-refractivity contribution in [2.45, 2.75) is 39.2 Å². The molecule has 0 atom stereocenters. The van der Waals surface area contributed by atoms with Crippen molar-refractivity contribution in [3.8, 4) is 0 Å². The van der Waals surface area contributed by atoms with Crippen molar-refractivity contribution in [2.75, 3.05) is 13.1 Å². The van der Waals surface area contributed by atoms with E-state index in [-0.39, 0.29) is 0 Å². The van der Waals surface area contributed by atoms with Gasteiger partial charge >= 0.3 is 11.9 Å². The van der Waals surface area contributed by atoms with Gasteiger partial charge in [0.2, 0.25) is 0 Å². The molecule has 0 aromatic heterocycles. The van der Waals surface area contributed by atoms with Crippen LogP contribution in [0.1, 0.15) is 36.5 Å². The largest absolute Gasteiger partial charge is 0.473 e. The standard InChI is InChI=1S/C21H27N.C2H2O4/c1-2-18-8-10-21(11-9-18)17-22-14-12-20(13-15-22)16-19-6-4-3-5-7-19;3-1(4)2(5)6/h3-11,20H,2,12-17H2,1H3;(H,3,4)(H,5,6). The summed E-state index contributed by atoms with van der Waals surface area (Å²) in [5, 5.41) is 14.8. The van der Waals surface area contributed by atoms with Crippen LogP contribution in [0.3, 0.4) is 0 Å². The zero-order valence-corrected chi connectivity index (χ0v) is 16.4. The first-order valence-electron chi connectivity index (χ1n) is 9.78. The molecule has 0 spiro atoms. The van der Waals surface area contributed by atoms with Gasteiger partial charge in [-0.15, -0.1) is 0 Å². The first kappa shape index (κ1) is 21.6. The number of nitrogens with zero attached hydrogens (tertiary/aromatic N) is 1. The Morgan fingerprint density at radius 2 is 1.39 bits per heavy atom. The van der Waals surface area contributed by atoms with Crippen molar-refractivity contribution in [1.29, 1.82) is 0 Å². The molecule has 0 saturated carbocycles. The molecule has 5 nitrogen and oxygen atoms in total. The van der Waals surface area contributed by atoms with E-state index >= 15 is 0 Å². The second-order valence-corrected chi connectivity index (χ2v) is 7.19. The monoisotopic (exact) mass is 383 g/mol. The highest BCUT2D eigenvalue weighted by molar-refractivity contribution is 6.27. The Hall–Kier alpha value is -2.66. The van der Waals surface area contributed by atoms with Crippen molar-refractivity contribution in [3.63, 3.8) is 0 Å². The normalized spacial score (nSPS) is 14.8. The second-order valence-electron chi connectivity index (χ2n) is 7.19. The van der Waals surface area contributed by atoms with Gasteiger partial charge in [0, 0.05) is 6.54 Å². The second kappa shape index (κ2) is 11.2. The van der Waals surface area contributed by atoms with E-state index < -0.39 is 11.9 Å². The number of likely N-dealkylation sites (tertiary alicyclic amines) is 1. The zero-order valence-electron chi connectivity index (χ0n) is 16.4. The summed E-state index contributed by atoms with van der Waals surface area (Å²) in [4.78, 5) is 20.8. The quantitative estimate of drug-likeness (QED) is 0.767. The molecule has 1 aliphatic heterocycles. The lowest BCUT2D eigenvalue weighted by atomic mass is 9.90. The van der Waals surface area contributed by atoms with Crippen LogP contribution in [0.4, 0.5) is 0 Å². The maximum Gasteiger partial charge on any atom is 0.414 e. The average Bonchev–Trinajstić information content (AvgIpc) is 2.71. The van der Waals surface area contributed by atoms with E-state index in [1.807, 2.05) is 0 Å². The van der Waals surface area contributed by atoms with Gasteiger partial charge in [-0.05, 0) is 61.4 Å². The fourth-order valence-electron chi connectivity index (χ4n) is 3.43. The molecule has 1 aliphatic rings. The lowest BCUT2D eigenvalue weighted by molar-refractivity contribution is -0.159. The molecule has 0 aliphatic carbocycles. The van der Waals surface area contributed by atoms with Gasteiger partial charge < -0.3 is 10.2 Å². The van der Waals surface area contributed by atoms with Gasteiger partial charge in [-0.25, -0.2) is 9.59 Å². The van der Waals surface area contributed by atoms with E-state index in [0.29, 0.717) is 0 Å². The molecule has 28 heavy (non-hydrogen) atoms. The fourth-order valence-corrected chi connectivity index (χ4v) is 3.43. The van der Waals surface area contributed by atoms with E-state index in [0.717, 1.165) is 18.9 Å². The highest BCUT2D eigenvalue weighted by Gasteiger charge is 2.19. The molecule has 0 unspecified atom stereocenters. The third-order valence-corrected chi connectivity index (χ3v) is 5.09. The van der Waals surface area contributed by atoms with Gasteiger partial charge in [0.1, 0.15) is 0 Å². The minimum Gasteiger partial charge on any atom is -0.473 e. The van der Waals surface area contributed by atoms with Crippen molar-refractivity contribution in [1.82, 2.24) is 4.90 Å². The van der Waals surface area contributed by atoms with Gasteiger partial charge in [-0.2, -0.15) is 0 Å². The molecule has 3 rings (SSSR count). The maximum atomic E-state index is 9.10. The Morgan fingerprint density at radius 1 is 0.857 bits per heavy atom. The number of carboxylic acid groups (broad SMARTS) is 2.